The molecule has 1 aliphatic rings. The molecule has 0 aliphatic carbocycles. The Morgan fingerprint density at radius 3 is 2.37 bits per heavy atom. The molecule has 27 heavy (non-hydrogen) atoms. The van der Waals surface area contributed by atoms with Gasteiger partial charge in [0.1, 0.15) is 0 Å². The number of rotatable bonds is 6. The molecule has 1 aliphatic heterocycles. The number of benzene rings is 2. The van der Waals surface area contributed by atoms with Crippen LogP contribution in [0.3, 0.4) is 0 Å². The predicted molar refractivity (Wildman–Crippen MR) is 111 cm³/mol. The number of nitrogens with two attached hydrogens (primary N) is 1. The first-order chi connectivity index (χ1) is 12.5. The fourth-order valence-corrected chi connectivity index (χ4v) is 3.42. The van der Waals surface area contributed by atoms with Crippen molar-refractivity contribution in [1.29, 1.82) is 0 Å². The van der Waals surface area contributed by atoms with Crippen molar-refractivity contribution < 1.29 is 9.59 Å². The minimum absolute atomic E-state index is 0. The van der Waals surface area contributed by atoms with Crippen LogP contribution >= 0.6 is 12.4 Å². The zero-order chi connectivity index (χ0) is 18.5. The molecular weight excluding hydrogens is 362 g/mol. The van der Waals surface area contributed by atoms with Crippen LogP contribution in [0.5, 0.6) is 0 Å². The molecule has 2 aromatic carbocycles. The van der Waals surface area contributed by atoms with E-state index < -0.39 is 0 Å². The van der Waals surface area contributed by atoms with Crippen LogP contribution in [0.2, 0.25) is 0 Å². The Hall–Kier alpha value is -2.21. The highest BCUT2D eigenvalue weighted by Crippen LogP contribution is 2.26. The normalized spacial score (nSPS) is 19.3. The number of halogens is 1. The second-order valence-electron chi connectivity index (χ2n) is 6.87. The zero-order valence-electron chi connectivity index (χ0n) is 15.4. The van der Waals surface area contributed by atoms with E-state index in [9.17, 15) is 9.59 Å². The summed E-state index contributed by atoms with van der Waals surface area (Å²) in [6.07, 6.45) is 0.419. The SMILES string of the molecule is CC(=O)c1ccc(NC(=O)CCN2C[C@@H](N)[C@H](c3ccccc3)C2)cc1.Cl. The third-order valence-corrected chi connectivity index (χ3v) is 4.90. The summed E-state index contributed by atoms with van der Waals surface area (Å²) >= 11 is 0. The monoisotopic (exact) mass is 387 g/mol. The molecular formula is C21H26ClN3O2. The predicted octanol–water partition coefficient (Wildman–Crippen LogP) is 3.07. The van der Waals surface area contributed by atoms with Gasteiger partial charge in [0.15, 0.2) is 5.78 Å². The third kappa shape index (κ3) is 5.63. The lowest BCUT2D eigenvalue weighted by Gasteiger charge is -2.16. The maximum absolute atomic E-state index is 12.2. The Balaban J connectivity index is 0.00000261. The number of amides is 1. The number of anilines is 1. The molecule has 144 valence electrons. The Kier molecular flexibility index (Phi) is 7.54. The van der Waals surface area contributed by atoms with Crippen LogP contribution in [0.4, 0.5) is 5.69 Å². The molecule has 1 heterocycles. The minimum atomic E-state index is -0.0303. The summed E-state index contributed by atoms with van der Waals surface area (Å²) < 4.78 is 0. The van der Waals surface area contributed by atoms with Gasteiger partial charge in [-0.25, -0.2) is 0 Å². The molecule has 0 radical (unpaired) electrons. The largest absolute Gasteiger partial charge is 0.326 e. The molecule has 0 spiro atoms. The first kappa shape index (κ1) is 21.1. The molecule has 0 bridgehead atoms. The van der Waals surface area contributed by atoms with Crippen molar-refractivity contribution in [1.82, 2.24) is 4.90 Å². The number of ketones is 1. The first-order valence-corrected chi connectivity index (χ1v) is 8.96. The zero-order valence-corrected chi connectivity index (χ0v) is 16.2. The van der Waals surface area contributed by atoms with Gasteiger partial charge in [0.05, 0.1) is 0 Å². The number of nitrogens with zero attached hydrogens (tertiary/aromatic N) is 1. The van der Waals surface area contributed by atoms with Crippen LogP contribution in [-0.4, -0.2) is 42.3 Å². The van der Waals surface area contributed by atoms with Crippen molar-refractivity contribution in [3.8, 4) is 0 Å². The molecule has 2 aromatic rings. The summed E-state index contributed by atoms with van der Waals surface area (Å²) in [5.74, 6) is 0.303. The Bertz CT molecular complexity index is 765. The highest BCUT2D eigenvalue weighted by atomic mass is 35.5. The van der Waals surface area contributed by atoms with E-state index >= 15 is 0 Å². The van der Waals surface area contributed by atoms with Gasteiger partial charge in [0.25, 0.3) is 0 Å². The quantitative estimate of drug-likeness (QED) is 0.747. The summed E-state index contributed by atoms with van der Waals surface area (Å²) in [5, 5.41) is 2.88. The van der Waals surface area contributed by atoms with Gasteiger partial charge in [-0.3, -0.25) is 9.59 Å². The molecule has 3 rings (SSSR count). The first-order valence-electron chi connectivity index (χ1n) is 8.96. The fourth-order valence-electron chi connectivity index (χ4n) is 3.42. The number of hydrogen-bond donors (Lipinski definition) is 2. The van der Waals surface area contributed by atoms with Crippen molar-refractivity contribution in [2.24, 2.45) is 5.73 Å². The number of likely N-dealkylation sites (tertiary alicyclic amines) is 1. The van der Waals surface area contributed by atoms with Gasteiger partial charge < -0.3 is 16.0 Å². The smallest absolute Gasteiger partial charge is 0.225 e. The molecule has 1 fully saturated rings. The molecule has 5 nitrogen and oxygen atoms in total. The summed E-state index contributed by atoms with van der Waals surface area (Å²) in [7, 11) is 0. The van der Waals surface area contributed by atoms with Gasteiger partial charge in [-0.15, -0.1) is 12.4 Å². The molecule has 3 N–H and O–H groups in total. The van der Waals surface area contributed by atoms with Crippen molar-refractivity contribution in [3.05, 3.63) is 65.7 Å². The lowest BCUT2D eigenvalue weighted by molar-refractivity contribution is -0.116. The molecule has 2 atom stereocenters. The van der Waals surface area contributed by atoms with Crippen LogP contribution in [0, 0.1) is 0 Å². The molecule has 0 saturated carbocycles. The molecule has 0 unspecified atom stereocenters. The maximum Gasteiger partial charge on any atom is 0.225 e. The van der Waals surface area contributed by atoms with Gasteiger partial charge in [-0.1, -0.05) is 30.3 Å². The van der Waals surface area contributed by atoms with E-state index in [1.165, 1.54) is 12.5 Å². The highest BCUT2D eigenvalue weighted by molar-refractivity contribution is 5.95. The Labute approximate surface area is 166 Å². The number of Topliss-reactive ketones (excluding diaryl/α,β-unsaturated/α-hetero) is 1. The molecule has 6 heteroatoms. The van der Waals surface area contributed by atoms with Gasteiger partial charge in [0, 0.05) is 49.3 Å². The Morgan fingerprint density at radius 2 is 1.74 bits per heavy atom. The fraction of sp³-hybridized carbons (Fsp3) is 0.333. The van der Waals surface area contributed by atoms with Crippen LogP contribution in [0.15, 0.2) is 54.6 Å². The van der Waals surface area contributed by atoms with Crippen molar-refractivity contribution in [2.75, 3.05) is 25.0 Å². The van der Waals surface area contributed by atoms with E-state index in [0.717, 1.165) is 13.1 Å². The second-order valence-corrected chi connectivity index (χ2v) is 6.87. The average molecular weight is 388 g/mol. The summed E-state index contributed by atoms with van der Waals surface area (Å²) in [5.41, 5.74) is 8.91. The van der Waals surface area contributed by atoms with Crippen molar-refractivity contribution in [3.63, 3.8) is 0 Å². The lowest BCUT2D eigenvalue weighted by atomic mass is 9.95. The van der Waals surface area contributed by atoms with E-state index in [1.54, 1.807) is 24.3 Å². The number of carbonyl (C=O) groups is 2. The number of nitrogens with one attached hydrogen (secondary N) is 1. The van der Waals surface area contributed by atoms with Crippen LogP contribution in [-0.2, 0) is 4.79 Å². The Morgan fingerprint density at radius 1 is 1.07 bits per heavy atom. The number of carbonyl (C=O) groups excluding carboxylic acids is 2. The van der Waals surface area contributed by atoms with Crippen molar-refractivity contribution >= 4 is 29.8 Å². The van der Waals surface area contributed by atoms with E-state index in [0.29, 0.717) is 30.1 Å². The maximum atomic E-state index is 12.2. The van der Waals surface area contributed by atoms with Gasteiger partial charge in [0.2, 0.25) is 5.91 Å². The standard InChI is InChI=1S/C21H25N3O2.ClH/c1-15(25)16-7-9-18(10-8-16)23-21(26)11-12-24-13-19(20(22)14-24)17-5-3-2-4-6-17;/h2-10,19-20H,11-14,22H2,1H3,(H,23,26);1H/t19-,20+;/m0./s1. The molecule has 0 aromatic heterocycles. The van der Waals surface area contributed by atoms with Crippen LogP contribution < -0.4 is 11.1 Å². The van der Waals surface area contributed by atoms with E-state index in [4.69, 9.17) is 5.73 Å². The third-order valence-electron chi connectivity index (χ3n) is 4.90. The van der Waals surface area contributed by atoms with Crippen molar-refractivity contribution in [2.45, 2.75) is 25.3 Å². The molecule has 1 amide bonds. The van der Waals surface area contributed by atoms with Gasteiger partial charge in [-0.05, 0) is 36.8 Å². The summed E-state index contributed by atoms with van der Waals surface area (Å²) in [4.78, 5) is 25.7. The second kappa shape index (κ2) is 9.65. The van der Waals surface area contributed by atoms with Gasteiger partial charge >= 0.3 is 0 Å². The topological polar surface area (TPSA) is 75.4 Å². The lowest BCUT2D eigenvalue weighted by Crippen LogP contribution is -2.30. The van der Waals surface area contributed by atoms with Crippen LogP contribution in [0.25, 0.3) is 0 Å². The van der Waals surface area contributed by atoms with E-state index in [-0.39, 0.29) is 30.1 Å². The summed E-state index contributed by atoms with van der Waals surface area (Å²) in [6.45, 7) is 3.90. The van der Waals surface area contributed by atoms with Gasteiger partial charge in [-0.2, -0.15) is 0 Å². The van der Waals surface area contributed by atoms with E-state index in [1.807, 2.05) is 18.2 Å². The van der Waals surface area contributed by atoms with E-state index in [2.05, 4.69) is 22.3 Å². The number of hydrogen-bond acceptors (Lipinski definition) is 4. The summed E-state index contributed by atoms with van der Waals surface area (Å²) in [6, 6.07) is 17.4. The highest BCUT2D eigenvalue weighted by Gasteiger charge is 2.31. The molecule has 1 saturated heterocycles. The minimum Gasteiger partial charge on any atom is -0.326 e. The van der Waals surface area contributed by atoms with Crippen LogP contribution in [0.1, 0.15) is 35.2 Å². The average Bonchev–Trinajstić information content (AvgIpc) is 3.02.